The average Bonchev–Trinajstić information content (AvgIpc) is 1.87. The van der Waals surface area contributed by atoms with E-state index in [1.165, 1.54) is 0 Å². The minimum absolute atomic E-state index is 0.190. The fraction of sp³-hybridized carbons (Fsp3) is 0.250. The predicted octanol–water partition coefficient (Wildman–Crippen LogP) is -1.37. The highest BCUT2D eigenvalue weighted by Gasteiger charge is 1.93. The standard InChI is InChI=1S/C4H5NO4S/c5-9-4(6)2-1-3-10(7)8/h1H,2,5H2. The number of carbonyl (C=O) groups excluding carboxylic acids is 1. The monoisotopic (exact) mass is 163 g/mol. The van der Waals surface area contributed by atoms with Crippen molar-refractivity contribution in [2.24, 2.45) is 5.90 Å². The molecule has 0 unspecified atom stereocenters. The van der Waals surface area contributed by atoms with Gasteiger partial charge in [0.05, 0.1) is 6.42 Å². The van der Waals surface area contributed by atoms with Gasteiger partial charge in [-0.15, -0.1) is 0 Å². The number of carbonyl (C=O) groups is 1. The third-order valence-electron chi connectivity index (χ3n) is 0.580. The minimum atomic E-state index is -2.39. The van der Waals surface area contributed by atoms with Crippen LogP contribution in [0.2, 0.25) is 0 Å². The topological polar surface area (TPSA) is 86.5 Å². The summed E-state index contributed by atoms with van der Waals surface area (Å²) in [4.78, 5) is 13.9. The maximum atomic E-state index is 10.2. The van der Waals surface area contributed by atoms with Gasteiger partial charge < -0.3 is 4.84 Å². The SMILES string of the molecule is NOC(=O)CC=C=S(=O)=O. The van der Waals surface area contributed by atoms with Crippen molar-refractivity contribution in [3.05, 3.63) is 6.08 Å². The van der Waals surface area contributed by atoms with Crippen LogP contribution in [0.3, 0.4) is 0 Å². The summed E-state index contributed by atoms with van der Waals surface area (Å²) in [6, 6.07) is 0. The third kappa shape index (κ3) is 5.04. The molecule has 56 valence electrons. The molecule has 2 N–H and O–H groups in total. The molecule has 0 aromatic rings. The summed E-state index contributed by atoms with van der Waals surface area (Å²) < 4.78 is 19.5. The number of hydrogen-bond donors (Lipinski definition) is 1. The van der Waals surface area contributed by atoms with E-state index < -0.39 is 16.3 Å². The van der Waals surface area contributed by atoms with Gasteiger partial charge in [-0.2, -0.15) is 14.3 Å². The second-order valence-corrected chi connectivity index (χ2v) is 1.96. The van der Waals surface area contributed by atoms with Crippen LogP contribution in [-0.2, 0) is 19.9 Å². The Hall–Kier alpha value is -1.10. The normalized spacial score (nSPS) is 7.70. The van der Waals surface area contributed by atoms with E-state index in [4.69, 9.17) is 0 Å². The second kappa shape index (κ2) is 4.75. The van der Waals surface area contributed by atoms with Crippen LogP contribution < -0.4 is 5.90 Å². The molecule has 0 aliphatic carbocycles. The molecule has 0 aliphatic rings. The Bertz CT molecular complexity index is 264. The van der Waals surface area contributed by atoms with E-state index in [-0.39, 0.29) is 6.42 Å². The van der Waals surface area contributed by atoms with Crippen molar-refractivity contribution in [2.45, 2.75) is 6.42 Å². The zero-order chi connectivity index (χ0) is 7.98. The lowest BCUT2D eigenvalue weighted by Crippen LogP contribution is -2.07. The molecule has 0 bridgehead atoms. The van der Waals surface area contributed by atoms with Gasteiger partial charge in [-0.05, 0) is 6.08 Å². The van der Waals surface area contributed by atoms with Gasteiger partial charge in [0.15, 0.2) is 0 Å². The van der Waals surface area contributed by atoms with E-state index >= 15 is 0 Å². The van der Waals surface area contributed by atoms with Crippen molar-refractivity contribution in [3.8, 4) is 0 Å². The smallest absolute Gasteiger partial charge is 0.328 e. The van der Waals surface area contributed by atoms with Gasteiger partial charge in [-0.1, -0.05) is 0 Å². The minimum Gasteiger partial charge on any atom is -0.373 e. The highest BCUT2D eigenvalue weighted by atomic mass is 32.2. The molecule has 6 heteroatoms. The van der Waals surface area contributed by atoms with Crippen molar-refractivity contribution in [1.29, 1.82) is 0 Å². The van der Waals surface area contributed by atoms with Gasteiger partial charge in [-0.3, -0.25) is 4.79 Å². The Morgan fingerprint density at radius 2 is 2.30 bits per heavy atom. The largest absolute Gasteiger partial charge is 0.373 e. The van der Waals surface area contributed by atoms with Gasteiger partial charge in [0.1, 0.15) is 0 Å². The Kier molecular flexibility index (Phi) is 4.23. The molecule has 0 heterocycles. The molecular formula is C4H5NO4S. The molecule has 0 fully saturated rings. The molecule has 0 radical (unpaired) electrons. The fourth-order valence-electron chi connectivity index (χ4n) is 0.241. The summed E-state index contributed by atoms with van der Waals surface area (Å²) in [5.41, 5.74) is 0. The Morgan fingerprint density at radius 1 is 1.70 bits per heavy atom. The van der Waals surface area contributed by atoms with E-state index in [2.05, 4.69) is 10.7 Å². The Balaban J connectivity index is 4.00. The Morgan fingerprint density at radius 3 is 2.70 bits per heavy atom. The first-order chi connectivity index (χ1) is 4.66. The molecule has 0 aromatic heterocycles. The van der Waals surface area contributed by atoms with Crippen LogP contribution in [-0.4, -0.2) is 19.4 Å². The Labute approximate surface area is 58.6 Å². The first-order valence-corrected chi connectivity index (χ1v) is 3.31. The molecule has 10 heavy (non-hydrogen) atoms. The first-order valence-electron chi connectivity index (χ1n) is 2.23. The summed E-state index contributed by atoms with van der Waals surface area (Å²) in [5.74, 6) is 3.73. The van der Waals surface area contributed by atoms with Gasteiger partial charge in [0, 0.05) is 5.02 Å². The zero-order valence-corrected chi connectivity index (χ0v) is 5.72. The molecule has 0 saturated carbocycles. The van der Waals surface area contributed by atoms with E-state index in [1.807, 2.05) is 5.02 Å². The van der Waals surface area contributed by atoms with Gasteiger partial charge in [-0.25, -0.2) is 0 Å². The molecule has 0 aliphatic heterocycles. The number of hydrogen-bond acceptors (Lipinski definition) is 5. The quantitative estimate of drug-likeness (QED) is 0.401. The molecule has 0 rings (SSSR count). The molecule has 0 saturated heterocycles. The van der Waals surface area contributed by atoms with Crippen LogP contribution in [0.1, 0.15) is 6.42 Å². The maximum absolute atomic E-state index is 10.2. The molecule has 0 spiro atoms. The molecule has 0 aromatic carbocycles. The highest BCUT2D eigenvalue weighted by Crippen LogP contribution is 1.78. The van der Waals surface area contributed by atoms with Gasteiger partial charge in [0.25, 0.3) is 10.3 Å². The van der Waals surface area contributed by atoms with E-state index in [0.717, 1.165) is 6.08 Å². The average molecular weight is 163 g/mol. The van der Waals surface area contributed by atoms with Crippen molar-refractivity contribution in [3.63, 3.8) is 0 Å². The summed E-state index contributed by atoms with van der Waals surface area (Å²) in [5, 5.41) is 1.85. The lowest BCUT2D eigenvalue weighted by atomic mass is 10.4. The number of nitrogens with two attached hydrogens (primary N) is 1. The maximum Gasteiger partial charge on any atom is 0.328 e. The fourth-order valence-corrected chi connectivity index (χ4v) is 0.461. The second-order valence-electron chi connectivity index (χ2n) is 1.25. The number of rotatable bonds is 2. The summed E-state index contributed by atoms with van der Waals surface area (Å²) in [6.45, 7) is 0. The molecule has 0 amide bonds. The van der Waals surface area contributed by atoms with Crippen LogP contribution >= 0.6 is 0 Å². The zero-order valence-electron chi connectivity index (χ0n) is 4.90. The van der Waals surface area contributed by atoms with Crippen LogP contribution in [0, 0.1) is 0 Å². The van der Waals surface area contributed by atoms with Gasteiger partial charge >= 0.3 is 5.97 Å². The lowest BCUT2D eigenvalue weighted by Gasteiger charge is -1.86. The van der Waals surface area contributed by atoms with E-state index in [1.54, 1.807) is 0 Å². The summed E-state index contributed by atoms with van der Waals surface area (Å²) in [7, 11) is -2.39. The van der Waals surface area contributed by atoms with Crippen LogP contribution in [0.15, 0.2) is 6.08 Å². The van der Waals surface area contributed by atoms with Crippen LogP contribution in [0.25, 0.3) is 0 Å². The van der Waals surface area contributed by atoms with Crippen molar-refractivity contribution in [2.75, 3.05) is 0 Å². The predicted molar refractivity (Wildman–Crippen MR) is 33.4 cm³/mol. The first kappa shape index (κ1) is 8.90. The van der Waals surface area contributed by atoms with Crippen molar-refractivity contribution >= 4 is 21.3 Å². The molecule has 5 nitrogen and oxygen atoms in total. The van der Waals surface area contributed by atoms with Crippen LogP contribution in [0.4, 0.5) is 0 Å². The van der Waals surface area contributed by atoms with Crippen molar-refractivity contribution < 1.29 is 18.0 Å². The van der Waals surface area contributed by atoms with Crippen LogP contribution in [0.5, 0.6) is 0 Å². The van der Waals surface area contributed by atoms with E-state index in [9.17, 15) is 13.2 Å². The molecule has 0 atom stereocenters. The molecular weight excluding hydrogens is 158 g/mol. The lowest BCUT2D eigenvalue weighted by molar-refractivity contribution is -0.143. The third-order valence-corrected chi connectivity index (χ3v) is 0.939. The van der Waals surface area contributed by atoms with E-state index in [0.29, 0.717) is 0 Å². The summed E-state index contributed by atoms with van der Waals surface area (Å²) >= 11 is 0. The summed E-state index contributed by atoms with van der Waals surface area (Å²) in [6.07, 6.45) is 0.822. The van der Waals surface area contributed by atoms with Crippen molar-refractivity contribution in [1.82, 2.24) is 0 Å². The van der Waals surface area contributed by atoms with Gasteiger partial charge in [0.2, 0.25) is 0 Å². The highest BCUT2D eigenvalue weighted by molar-refractivity contribution is 7.70.